The first-order valence-electron chi connectivity index (χ1n) is 8.44. The molecule has 0 bridgehead atoms. The van der Waals surface area contributed by atoms with Crippen LogP contribution in [0.25, 0.3) is 0 Å². The van der Waals surface area contributed by atoms with Crippen molar-refractivity contribution in [1.29, 1.82) is 0 Å². The zero-order valence-electron chi connectivity index (χ0n) is 14.2. The van der Waals surface area contributed by atoms with E-state index < -0.39 is 0 Å². The topological polar surface area (TPSA) is 45.6 Å². The van der Waals surface area contributed by atoms with Gasteiger partial charge >= 0.3 is 0 Å². The summed E-state index contributed by atoms with van der Waals surface area (Å²) in [5.74, 6) is 0.624. The van der Waals surface area contributed by atoms with Crippen LogP contribution in [0.5, 0.6) is 0 Å². The molecule has 0 unspecified atom stereocenters. The Morgan fingerprint density at radius 3 is 2.83 bits per heavy atom. The lowest BCUT2D eigenvalue weighted by Crippen LogP contribution is -2.41. The van der Waals surface area contributed by atoms with Crippen molar-refractivity contribution in [1.82, 2.24) is 10.6 Å². The van der Waals surface area contributed by atoms with E-state index in [1.165, 1.54) is 18.9 Å². The maximum absolute atomic E-state index is 13.1. The molecule has 1 aromatic carbocycles. The Labute approximate surface area is 138 Å². The Balaban J connectivity index is 1.67. The van der Waals surface area contributed by atoms with Crippen molar-refractivity contribution < 1.29 is 9.13 Å². The number of aliphatic imine (C=N–C) groups is 1. The highest BCUT2D eigenvalue weighted by atomic mass is 19.1. The summed E-state index contributed by atoms with van der Waals surface area (Å²) in [7, 11) is 1.78. The van der Waals surface area contributed by atoms with E-state index in [0.717, 1.165) is 50.7 Å². The SMILES string of the molecule is CCOCCC1(CNC(=NC)NCCc2cccc(F)c2)CC1. The van der Waals surface area contributed by atoms with E-state index in [1.807, 2.05) is 13.0 Å². The molecule has 0 spiro atoms. The molecule has 1 aliphatic rings. The molecule has 2 N–H and O–H groups in total. The second-order valence-electron chi connectivity index (χ2n) is 6.18. The second kappa shape index (κ2) is 8.87. The van der Waals surface area contributed by atoms with E-state index in [0.29, 0.717) is 5.41 Å². The van der Waals surface area contributed by atoms with Crippen molar-refractivity contribution in [2.45, 2.75) is 32.6 Å². The molecule has 0 amide bonds. The average molecular weight is 321 g/mol. The highest BCUT2D eigenvalue weighted by molar-refractivity contribution is 5.79. The van der Waals surface area contributed by atoms with Gasteiger partial charge in [0.25, 0.3) is 0 Å². The molecule has 0 aromatic heterocycles. The van der Waals surface area contributed by atoms with Crippen molar-refractivity contribution in [2.24, 2.45) is 10.4 Å². The molecule has 23 heavy (non-hydrogen) atoms. The van der Waals surface area contributed by atoms with Crippen molar-refractivity contribution in [2.75, 3.05) is 33.4 Å². The van der Waals surface area contributed by atoms with Gasteiger partial charge in [-0.05, 0) is 55.7 Å². The van der Waals surface area contributed by atoms with Crippen LogP contribution in [0.3, 0.4) is 0 Å². The molecule has 0 aliphatic heterocycles. The van der Waals surface area contributed by atoms with Gasteiger partial charge in [0.1, 0.15) is 5.82 Å². The van der Waals surface area contributed by atoms with Gasteiger partial charge in [-0.3, -0.25) is 4.99 Å². The van der Waals surface area contributed by atoms with Crippen molar-refractivity contribution in [3.05, 3.63) is 35.6 Å². The van der Waals surface area contributed by atoms with Crippen LogP contribution in [0.1, 0.15) is 31.7 Å². The third-order valence-corrected chi connectivity index (χ3v) is 4.39. The number of guanidine groups is 1. The minimum atomic E-state index is -0.185. The van der Waals surface area contributed by atoms with Gasteiger partial charge in [0.05, 0.1) is 0 Å². The predicted molar refractivity (Wildman–Crippen MR) is 92.2 cm³/mol. The molecular weight excluding hydrogens is 293 g/mol. The van der Waals surface area contributed by atoms with E-state index in [2.05, 4.69) is 15.6 Å². The van der Waals surface area contributed by atoms with Crippen LogP contribution < -0.4 is 10.6 Å². The second-order valence-corrected chi connectivity index (χ2v) is 6.18. The standard InChI is InChI=1S/C18H28FN3O/c1-3-23-12-10-18(8-9-18)14-22-17(20-2)21-11-7-15-5-4-6-16(19)13-15/h4-6,13H,3,7-12,14H2,1-2H3,(H2,20,21,22). The fourth-order valence-electron chi connectivity index (χ4n) is 2.63. The minimum absolute atomic E-state index is 0.185. The zero-order valence-corrected chi connectivity index (χ0v) is 14.2. The lowest BCUT2D eigenvalue weighted by Gasteiger charge is -2.18. The van der Waals surface area contributed by atoms with Crippen LogP contribution in [0.15, 0.2) is 29.3 Å². The number of halogens is 1. The third kappa shape index (κ3) is 6.18. The van der Waals surface area contributed by atoms with E-state index in [9.17, 15) is 4.39 Å². The molecule has 128 valence electrons. The molecule has 1 aromatic rings. The van der Waals surface area contributed by atoms with E-state index in [1.54, 1.807) is 19.2 Å². The van der Waals surface area contributed by atoms with Crippen molar-refractivity contribution >= 4 is 5.96 Å². The summed E-state index contributed by atoms with van der Waals surface area (Å²) < 4.78 is 18.6. The van der Waals surface area contributed by atoms with Gasteiger partial charge in [-0.25, -0.2) is 4.39 Å². The maximum atomic E-state index is 13.1. The fourth-order valence-corrected chi connectivity index (χ4v) is 2.63. The first-order valence-corrected chi connectivity index (χ1v) is 8.44. The van der Waals surface area contributed by atoms with Crippen molar-refractivity contribution in [3.63, 3.8) is 0 Å². The average Bonchev–Trinajstić information content (AvgIpc) is 3.31. The third-order valence-electron chi connectivity index (χ3n) is 4.39. The Kier molecular flexibility index (Phi) is 6.84. The minimum Gasteiger partial charge on any atom is -0.382 e. The summed E-state index contributed by atoms with van der Waals surface area (Å²) >= 11 is 0. The number of hydrogen-bond donors (Lipinski definition) is 2. The molecule has 0 saturated heterocycles. The van der Waals surface area contributed by atoms with Gasteiger partial charge in [-0.2, -0.15) is 0 Å². The Morgan fingerprint density at radius 1 is 1.35 bits per heavy atom. The van der Waals surface area contributed by atoms with Crippen LogP contribution in [0, 0.1) is 11.2 Å². The smallest absolute Gasteiger partial charge is 0.191 e. The number of ether oxygens (including phenoxy) is 1. The molecular formula is C18H28FN3O. The Morgan fingerprint density at radius 2 is 2.17 bits per heavy atom. The molecule has 0 radical (unpaired) electrons. The molecule has 0 heterocycles. The number of benzene rings is 1. The monoisotopic (exact) mass is 321 g/mol. The highest BCUT2D eigenvalue weighted by Crippen LogP contribution is 2.48. The van der Waals surface area contributed by atoms with E-state index in [-0.39, 0.29) is 5.82 Å². The first kappa shape index (κ1) is 17.7. The Hall–Kier alpha value is -1.62. The van der Waals surface area contributed by atoms with Gasteiger partial charge in [-0.1, -0.05) is 12.1 Å². The van der Waals surface area contributed by atoms with Crippen LogP contribution in [-0.4, -0.2) is 39.3 Å². The van der Waals surface area contributed by atoms with Gasteiger partial charge in [0.15, 0.2) is 5.96 Å². The van der Waals surface area contributed by atoms with Gasteiger partial charge in [0, 0.05) is 33.4 Å². The summed E-state index contributed by atoms with van der Waals surface area (Å²) in [4.78, 5) is 4.25. The highest BCUT2D eigenvalue weighted by Gasteiger charge is 2.41. The summed E-state index contributed by atoms with van der Waals surface area (Å²) in [6.07, 6.45) is 4.39. The van der Waals surface area contributed by atoms with Gasteiger partial charge < -0.3 is 15.4 Å². The quantitative estimate of drug-likeness (QED) is 0.418. The molecule has 2 rings (SSSR count). The summed E-state index contributed by atoms with van der Waals surface area (Å²) in [5.41, 5.74) is 1.37. The van der Waals surface area contributed by atoms with Crippen molar-refractivity contribution in [3.8, 4) is 0 Å². The fraction of sp³-hybridized carbons (Fsp3) is 0.611. The maximum Gasteiger partial charge on any atom is 0.191 e. The van der Waals surface area contributed by atoms with Gasteiger partial charge in [0.2, 0.25) is 0 Å². The van der Waals surface area contributed by atoms with Crippen LogP contribution >= 0.6 is 0 Å². The molecule has 1 fully saturated rings. The van der Waals surface area contributed by atoms with E-state index >= 15 is 0 Å². The summed E-state index contributed by atoms with van der Waals surface area (Å²) in [5, 5.41) is 6.70. The van der Waals surface area contributed by atoms with Crippen LogP contribution in [0.2, 0.25) is 0 Å². The largest absolute Gasteiger partial charge is 0.382 e. The molecule has 1 aliphatic carbocycles. The van der Waals surface area contributed by atoms with Crippen LogP contribution in [-0.2, 0) is 11.2 Å². The molecule has 4 nitrogen and oxygen atoms in total. The number of nitrogens with one attached hydrogen (secondary N) is 2. The number of hydrogen-bond acceptors (Lipinski definition) is 2. The Bertz CT molecular complexity index is 515. The summed E-state index contributed by atoms with van der Waals surface area (Å²) in [6.45, 7) is 5.31. The lowest BCUT2D eigenvalue weighted by atomic mass is 10.0. The van der Waals surface area contributed by atoms with Gasteiger partial charge in [-0.15, -0.1) is 0 Å². The first-order chi connectivity index (χ1) is 11.2. The predicted octanol–water partition coefficient (Wildman–Crippen LogP) is 2.74. The molecule has 1 saturated carbocycles. The summed E-state index contributed by atoms with van der Waals surface area (Å²) in [6, 6.07) is 6.72. The molecule has 0 atom stereocenters. The number of nitrogens with zero attached hydrogens (tertiary/aromatic N) is 1. The van der Waals surface area contributed by atoms with E-state index in [4.69, 9.17) is 4.74 Å². The lowest BCUT2D eigenvalue weighted by molar-refractivity contribution is 0.128. The zero-order chi connectivity index (χ0) is 16.5. The van der Waals surface area contributed by atoms with Crippen LogP contribution in [0.4, 0.5) is 4.39 Å². The number of rotatable bonds is 9. The normalized spacial score (nSPS) is 16.2. The molecule has 5 heteroatoms.